The van der Waals surface area contributed by atoms with Crippen LogP contribution in [0, 0.1) is 11.8 Å². The molecule has 122 valence electrons. The predicted molar refractivity (Wildman–Crippen MR) is 82.8 cm³/mol. The van der Waals surface area contributed by atoms with E-state index in [-0.39, 0.29) is 17.7 Å². The summed E-state index contributed by atoms with van der Waals surface area (Å²) in [6, 6.07) is -0.838. The summed E-state index contributed by atoms with van der Waals surface area (Å²) in [5.41, 5.74) is -0.469. The summed E-state index contributed by atoms with van der Waals surface area (Å²) in [6.07, 6.45) is 0.666. The lowest BCUT2D eigenvalue weighted by atomic mass is 9.92. The highest BCUT2D eigenvalue weighted by Gasteiger charge is 2.43. The van der Waals surface area contributed by atoms with Gasteiger partial charge in [-0.05, 0) is 32.1 Å². The number of nitrogens with zero attached hydrogens (tertiary/aromatic N) is 1. The van der Waals surface area contributed by atoms with Gasteiger partial charge in [-0.25, -0.2) is 0 Å². The van der Waals surface area contributed by atoms with Gasteiger partial charge in [0.05, 0.1) is 12.1 Å². The van der Waals surface area contributed by atoms with Crippen molar-refractivity contribution >= 4 is 11.8 Å². The molecule has 1 saturated heterocycles. The van der Waals surface area contributed by atoms with Crippen molar-refractivity contribution in [2.75, 3.05) is 13.7 Å². The molecule has 0 saturated carbocycles. The minimum atomic E-state index is -0.469. The van der Waals surface area contributed by atoms with Gasteiger partial charge in [-0.1, -0.05) is 27.7 Å². The molecule has 21 heavy (non-hydrogen) atoms. The maximum atomic E-state index is 12.8. The standard InChI is InChI=1S/C16H30N2O3/c1-10(2)8-12-15(20)18(9-16(5,6)21-7)13(11(3)4)14(19)17-12/h10-13H,8-9H2,1-7H3,(H,17,19). The van der Waals surface area contributed by atoms with Crippen LogP contribution < -0.4 is 5.32 Å². The third-order valence-corrected chi connectivity index (χ3v) is 3.94. The van der Waals surface area contributed by atoms with E-state index in [4.69, 9.17) is 4.74 Å². The van der Waals surface area contributed by atoms with Gasteiger partial charge >= 0.3 is 0 Å². The Morgan fingerprint density at radius 1 is 1.24 bits per heavy atom. The first-order valence-electron chi connectivity index (χ1n) is 7.75. The highest BCUT2D eigenvalue weighted by molar-refractivity contribution is 5.97. The van der Waals surface area contributed by atoms with E-state index in [1.54, 1.807) is 12.0 Å². The summed E-state index contributed by atoms with van der Waals surface area (Å²) in [5.74, 6) is 0.378. The second kappa shape index (κ2) is 6.77. The molecular formula is C16H30N2O3. The second-order valence-corrected chi connectivity index (χ2v) is 7.31. The van der Waals surface area contributed by atoms with E-state index in [0.29, 0.717) is 18.9 Å². The molecule has 0 aromatic carbocycles. The third kappa shape index (κ3) is 4.43. The molecule has 0 bridgehead atoms. The zero-order valence-electron chi connectivity index (χ0n) is 14.4. The average molecular weight is 298 g/mol. The van der Waals surface area contributed by atoms with Gasteiger partial charge in [-0.2, -0.15) is 0 Å². The summed E-state index contributed by atoms with van der Waals surface area (Å²) in [5, 5.41) is 2.89. The number of piperazine rings is 1. The lowest BCUT2D eigenvalue weighted by Crippen LogP contribution is -2.66. The van der Waals surface area contributed by atoms with Crippen molar-refractivity contribution in [3.8, 4) is 0 Å². The number of carbonyl (C=O) groups is 2. The second-order valence-electron chi connectivity index (χ2n) is 7.31. The maximum absolute atomic E-state index is 12.8. The van der Waals surface area contributed by atoms with Crippen LogP contribution in [-0.2, 0) is 14.3 Å². The van der Waals surface area contributed by atoms with Crippen LogP contribution in [0.15, 0.2) is 0 Å². The molecule has 0 radical (unpaired) electrons. The van der Waals surface area contributed by atoms with E-state index in [1.165, 1.54) is 0 Å². The lowest BCUT2D eigenvalue weighted by molar-refractivity contribution is -0.155. The van der Waals surface area contributed by atoms with Gasteiger partial charge in [-0.3, -0.25) is 9.59 Å². The third-order valence-electron chi connectivity index (χ3n) is 3.94. The zero-order chi connectivity index (χ0) is 16.4. The Balaban J connectivity index is 3.03. The molecular weight excluding hydrogens is 268 g/mol. The SMILES string of the molecule is COC(C)(C)CN1C(=O)C(CC(C)C)NC(=O)C1C(C)C. The first-order valence-corrected chi connectivity index (χ1v) is 7.75. The quantitative estimate of drug-likeness (QED) is 0.813. The molecule has 1 fully saturated rings. The van der Waals surface area contributed by atoms with Crippen LogP contribution in [0.1, 0.15) is 48.0 Å². The Morgan fingerprint density at radius 2 is 1.81 bits per heavy atom. The molecule has 2 atom stereocenters. The molecule has 0 aliphatic carbocycles. The van der Waals surface area contributed by atoms with Crippen molar-refractivity contribution in [1.29, 1.82) is 0 Å². The summed E-state index contributed by atoms with van der Waals surface area (Å²) < 4.78 is 5.44. The van der Waals surface area contributed by atoms with Gasteiger partial charge in [-0.15, -0.1) is 0 Å². The number of hydrogen-bond acceptors (Lipinski definition) is 3. The first kappa shape index (κ1) is 18.0. The van der Waals surface area contributed by atoms with Gasteiger partial charge in [0, 0.05) is 7.11 Å². The summed E-state index contributed by atoms with van der Waals surface area (Å²) in [4.78, 5) is 26.9. The summed E-state index contributed by atoms with van der Waals surface area (Å²) in [7, 11) is 1.63. The topological polar surface area (TPSA) is 58.6 Å². The average Bonchev–Trinajstić information content (AvgIpc) is 2.33. The largest absolute Gasteiger partial charge is 0.377 e. The Kier molecular flexibility index (Phi) is 5.79. The van der Waals surface area contributed by atoms with E-state index in [2.05, 4.69) is 19.2 Å². The van der Waals surface area contributed by atoms with E-state index in [9.17, 15) is 9.59 Å². The minimum Gasteiger partial charge on any atom is -0.377 e. The van der Waals surface area contributed by atoms with Crippen molar-refractivity contribution in [2.45, 2.75) is 65.6 Å². The maximum Gasteiger partial charge on any atom is 0.245 e. The lowest BCUT2D eigenvalue weighted by Gasteiger charge is -2.44. The van der Waals surface area contributed by atoms with Gasteiger partial charge in [0.25, 0.3) is 0 Å². The van der Waals surface area contributed by atoms with Crippen molar-refractivity contribution in [1.82, 2.24) is 10.2 Å². The van der Waals surface area contributed by atoms with Crippen LogP contribution >= 0.6 is 0 Å². The zero-order valence-corrected chi connectivity index (χ0v) is 14.4. The molecule has 2 unspecified atom stereocenters. The van der Waals surface area contributed by atoms with Crippen LogP contribution in [0.3, 0.4) is 0 Å². The highest BCUT2D eigenvalue weighted by atomic mass is 16.5. The molecule has 1 aliphatic rings. The van der Waals surface area contributed by atoms with Crippen molar-refractivity contribution in [3.05, 3.63) is 0 Å². The Labute approximate surface area is 128 Å². The van der Waals surface area contributed by atoms with Gasteiger partial charge in [0.1, 0.15) is 12.1 Å². The highest BCUT2D eigenvalue weighted by Crippen LogP contribution is 2.23. The number of nitrogens with one attached hydrogen (secondary N) is 1. The number of amides is 2. The molecule has 0 aromatic heterocycles. The van der Waals surface area contributed by atoms with Crippen LogP contribution in [-0.4, -0.2) is 48.1 Å². The molecule has 1 N–H and O–H groups in total. The van der Waals surface area contributed by atoms with Gasteiger partial charge < -0.3 is 15.0 Å². The minimum absolute atomic E-state index is 0.00660. The molecule has 2 amide bonds. The number of rotatable bonds is 6. The number of carbonyl (C=O) groups excluding carboxylic acids is 2. The van der Waals surface area contributed by atoms with Crippen LogP contribution in [0.4, 0.5) is 0 Å². The molecule has 0 spiro atoms. The fourth-order valence-electron chi connectivity index (χ4n) is 2.74. The Morgan fingerprint density at radius 3 is 2.24 bits per heavy atom. The van der Waals surface area contributed by atoms with E-state index >= 15 is 0 Å². The molecule has 5 nitrogen and oxygen atoms in total. The summed E-state index contributed by atoms with van der Waals surface area (Å²) >= 11 is 0. The van der Waals surface area contributed by atoms with E-state index in [0.717, 1.165) is 0 Å². The number of ether oxygens (including phenoxy) is 1. The number of hydrogen-bond donors (Lipinski definition) is 1. The van der Waals surface area contributed by atoms with Crippen molar-refractivity contribution in [3.63, 3.8) is 0 Å². The molecule has 5 heteroatoms. The molecule has 1 heterocycles. The number of methoxy groups -OCH3 is 1. The fraction of sp³-hybridized carbons (Fsp3) is 0.875. The van der Waals surface area contributed by atoms with Crippen molar-refractivity contribution in [2.24, 2.45) is 11.8 Å². The van der Waals surface area contributed by atoms with Crippen molar-refractivity contribution < 1.29 is 14.3 Å². The molecule has 1 rings (SSSR count). The van der Waals surface area contributed by atoms with Crippen LogP contribution in [0.25, 0.3) is 0 Å². The monoisotopic (exact) mass is 298 g/mol. The predicted octanol–water partition coefficient (Wildman–Crippen LogP) is 1.81. The van der Waals surface area contributed by atoms with Gasteiger partial charge in [0.2, 0.25) is 11.8 Å². The first-order chi connectivity index (χ1) is 9.59. The fourth-order valence-corrected chi connectivity index (χ4v) is 2.74. The van der Waals surface area contributed by atoms with Crippen LogP contribution in [0.2, 0.25) is 0 Å². The Bertz CT molecular complexity index is 391. The Hall–Kier alpha value is -1.10. The van der Waals surface area contributed by atoms with E-state index < -0.39 is 17.7 Å². The smallest absolute Gasteiger partial charge is 0.245 e. The molecule has 0 aromatic rings. The normalized spacial score (nSPS) is 24.0. The summed E-state index contributed by atoms with van der Waals surface area (Å²) in [6.45, 7) is 12.3. The van der Waals surface area contributed by atoms with Crippen LogP contribution in [0.5, 0.6) is 0 Å². The van der Waals surface area contributed by atoms with E-state index in [1.807, 2.05) is 27.7 Å². The molecule has 1 aliphatic heterocycles. The van der Waals surface area contributed by atoms with Gasteiger partial charge in [0.15, 0.2) is 0 Å².